The Balaban J connectivity index is 2.59. The van der Waals surface area contributed by atoms with Gasteiger partial charge in [0, 0.05) is 12.2 Å². The van der Waals surface area contributed by atoms with Gasteiger partial charge in [0.15, 0.2) is 0 Å². The van der Waals surface area contributed by atoms with Crippen molar-refractivity contribution < 1.29 is 4.79 Å². The van der Waals surface area contributed by atoms with E-state index in [-0.39, 0.29) is 5.91 Å². The molecule has 1 aromatic rings. The molecule has 22 heavy (non-hydrogen) atoms. The Hall–Kier alpha value is -2.03. The quantitative estimate of drug-likeness (QED) is 0.566. The molecule has 0 aliphatic rings. The van der Waals surface area contributed by atoms with Crippen LogP contribution in [0.1, 0.15) is 51.2 Å². The van der Waals surface area contributed by atoms with Crippen molar-refractivity contribution in [3.8, 4) is 0 Å². The number of unbranched alkanes of at least 4 members (excludes halogenated alkanes) is 1. The van der Waals surface area contributed by atoms with Crippen LogP contribution < -0.4 is 11.1 Å². The third-order valence-corrected chi connectivity index (χ3v) is 3.48. The van der Waals surface area contributed by atoms with Crippen molar-refractivity contribution in [2.24, 2.45) is 5.73 Å². The van der Waals surface area contributed by atoms with Gasteiger partial charge in [0.1, 0.15) is 0 Å². The van der Waals surface area contributed by atoms with Gasteiger partial charge in [-0.2, -0.15) is 0 Å². The van der Waals surface area contributed by atoms with Gasteiger partial charge in [-0.15, -0.1) is 0 Å². The minimum atomic E-state index is -0.125. The highest BCUT2D eigenvalue weighted by atomic mass is 16.1. The zero-order valence-corrected chi connectivity index (χ0v) is 14.0. The van der Waals surface area contributed by atoms with E-state index in [1.54, 1.807) is 13.0 Å². The molecule has 1 amide bonds. The average Bonchev–Trinajstić information content (AvgIpc) is 2.52. The molecule has 120 valence electrons. The van der Waals surface area contributed by atoms with E-state index in [1.165, 1.54) is 18.4 Å². The Morgan fingerprint density at radius 3 is 2.36 bits per heavy atom. The van der Waals surface area contributed by atoms with E-state index in [2.05, 4.69) is 36.5 Å². The van der Waals surface area contributed by atoms with Gasteiger partial charge < -0.3 is 11.1 Å². The molecular weight excluding hydrogens is 272 g/mol. The standard InChI is InChI=1S/C19H28N2O/c1-4-6-8-16-10-12-17(13-11-16)14-21-19(22)18(15(3)20)9-7-5-2/h7,9-13H,4-6,8,14,20H2,1-3H3,(H,21,22)/b9-7-,18-15-. The Kier molecular flexibility index (Phi) is 8.05. The van der Waals surface area contributed by atoms with Crippen LogP contribution in [0.25, 0.3) is 0 Å². The first kappa shape index (κ1) is 18.0. The lowest BCUT2D eigenvalue weighted by Crippen LogP contribution is -2.25. The van der Waals surface area contributed by atoms with Gasteiger partial charge in [0.25, 0.3) is 5.91 Å². The van der Waals surface area contributed by atoms with E-state index in [1.807, 2.05) is 13.0 Å². The van der Waals surface area contributed by atoms with Crippen molar-refractivity contribution in [3.63, 3.8) is 0 Å². The fourth-order valence-electron chi connectivity index (χ4n) is 2.10. The third-order valence-electron chi connectivity index (χ3n) is 3.48. The number of rotatable bonds is 8. The first-order valence-electron chi connectivity index (χ1n) is 8.07. The zero-order chi connectivity index (χ0) is 16.4. The molecule has 0 saturated heterocycles. The van der Waals surface area contributed by atoms with E-state index >= 15 is 0 Å². The van der Waals surface area contributed by atoms with E-state index in [0.29, 0.717) is 17.8 Å². The number of hydrogen-bond acceptors (Lipinski definition) is 2. The second kappa shape index (κ2) is 9.82. The Bertz CT molecular complexity index is 523. The molecule has 0 fully saturated rings. The molecule has 0 unspecified atom stereocenters. The second-order valence-corrected chi connectivity index (χ2v) is 5.51. The van der Waals surface area contributed by atoms with E-state index in [0.717, 1.165) is 18.4 Å². The van der Waals surface area contributed by atoms with Crippen LogP contribution in [0.2, 0.25) is 0 Å². The Labute approximate surface area is 134 Å². The Morgan fingerprint density at radius 2 is 1.82 bits per heavy atom. The SMILES string of the molecule is CC/C=C\C(C(=O)NCc1ccc(CCCC)cc1)=C(/C)N. The van der Waals surface area contributed by atoms with Crippen LogP contribution in [0.3, 0.4) is 0 Å². The molecule has 0 saturated carbocycles. The first-order chi connectivity index (χ1) is 10.6. The normalized spacial score (nSPS) is 12.3. The van der Waals surface area contributed by atoms with Gasteiger partial charge in [-0.25, -0.2) is 0 Å². The molecule has 0 aromatic heterocycles. The number of nitrogens with two attached hydrogens (primary N) is 1. The first-order valence-corrected chi connectivity index (χ1v) is 8.07. The molecule has 1 rings (SSSR count). The molecule has 3 N–H and O–H groups in total. The zero-order valence-electron chi connectivity index (χ0n) is 14.0. The lowest BCUT2D eigenvalue weighted by atomic mass is 10.1. The Morgan fingerprint density at radius 1 is 1.18 bits per heavy atom. The molecule has 3 heteroatoms. The van der Waals surface area contributed by atoms with Crippen LogP contribution >= 0.6 is 0 Å². The third kappa shape index (κ3) is 6.17. The minimum absolute atomic E-state index is 0.125. The van der Waals surface area contributed by atoms with Crippen LogP contribution in [0, 0.1) is 0 Å². The van der Waals surface area contributed by atoms with Crippen molar-refractivity contribution in [2.75, 3.05) is 0 Å². The van der Waals surface area contributed by atoms with Crippen molar-refractivity contribution in [1.29, 1.82) is 0 Å². The fraction of sp³-hybridized carbons (Fsp3) is 0.421. The molecular formula is C19H28N2O. The maximum absolute atomic E-state index is 12.2. The van der Waals surface area contributed by atoms with Crippen LogP contribution in [0.15, 0.2) is 47.7 Å². The number of amides is 1. The highest BCUT2D eigenvalue weighted by molar-refractivity contribution is 5.96. The number of nitrogens with one attached hydrogen (secondary N) is 1. The van der Waals surface area contributed by atoms with Gasteiger partial charge in [-0.1, -0.05) is 56.7 Å². The summed E-state index contributed by atoms with van der Waals surface area (Å²) in [6.07, 6.45) is 8.14. The number of benzene rings is 1. The topological polar surface area (TPSA) is 55.1 Å². The van der Waals surface area contributed by atoms with Crippen LogP contribution in [-0.4, -0.2) is 5.91 Å². The van der Waals surface area contributed by atoms with E-state index in [9.17, 15) is 4.79 Å². The molecule has 0 bridgehead atoms. The molecule has 0 aliphatic heterocycles. The molecule has 3 nitrogen and oxygen atoms in total. The molecule has 0 heterocycles. The highest BCUT2D eigenvalue weighted by Crippen LogP contribution is 2.09. The number of aryl methyl sites for hydroxylation is 1. The monoisotopic (exact) mass is 300 g/mol. The largest absolute Gasteiger partial charge is 0.402 e. The van der Waals surface area contributed by atoms with Crippen molar-refractivity contribution in [2.45, 2.75) is 53.0 Å². The summed E-state index contributed by atoms with van der Waals surface area (Å²) in [4.78, 5) is 12.2. The predicted molar refractivity (Wildman–Crippen MR) is 93.2 cm³/mol. The van der Waals surface area contributed by atoms with Crippen molar-refractivity contribution in [3.05, 3.63) is 58.8 Å². The maximum atomic E-state index is 12.2. The molecule has 0 spiro atoms. The van der Waals surface area contributed by atoms with E-state index in [4.69, 9.17) is 5.73 Å². The molecule has 0 atom stereocenters. The lowest BCUT2D eigenvalue weighted by molar-refractivity contribution is -0.117. The van der Waals surface area contributed by atoms with Crippen molar-refractivity contribution >= 4 is 5.91 Å². The van der Waals surface area contributed by atoms with Gasteiger partial charge in [-0.3, -0.25) is 4.79 Å². The van der Waals surface area contributed by atoms with Gasteiger partial charge in [-0.05, 0) is 37.3 Å². The van der Waals surface area contributed by atoms with Crippen LogP contribution in [-0.2, 0) is 17.8 Å². The van der Waals surface area contributed by atoms with E-state index < -0.39 is 0 Å². The summed E-state index contributed by atoms with van der Waals surface area (Å²) in [5, 5.41) is 2.92. The lowest BCUT2D eigenvalue weighted by Gasteiger charge is -2.08. The van der Waals surface area contributed by atoms with Gasteiger partial charge >= 0.3 is 0 Å². The summed E-state index contributed by atoms with van der Waals surface area (Å²) in [5.74, 6) is -0.125. The van der Waals surface area contributed by atoms with Crippen LogP contribution in [0.5, 0.6) is 0 Å². The van der Waals surface area contributed by atoms with Crippen molar-refractivity contribution in [1.82, 2.24) is 5.32 Å². The maximum Gasteiger partial charge on any atom is 0.253 e. The smallest absolute Gasteiger partial charge is 0.253 e. The number of hydrogen-bond donors (Lipinski definition) is 2. The molecule has 0 radical (unpaired) electrons. The summed E-state index contributed by atoms with van der Waals surface area (Å²) in [5.41, 5.74) is 9.31. The molecule has 1 aromatic carbocycles. The predicted octanol–water partition coefficient (Wildman–Crippen LogP) is 3.84. The van der Waals surface area contributed by atoms with Gasteiger partial charge in [0.05, 0.1) is 5.57 Å². The summed E-state index contributed by atoms with van der Waals surface area (Å²) in [6.45, 7) is 6.49. The average molecular weight is 300 g/mol. The number of allylic oxidation sites excluding steroid dienone is 2. The summed E-state index contributed by atoms with van der Waals surface area (Å²) in [6, 6.07) is 8.43. The number of carbonyl (C=O) groups is 1. The summed E-state index contributed by atoms with van der Waals surface area (Å²) in [7, 11) is 0. The van der Waals surface area contributed by atoms with Crippen LogP contribution in [0.4, 0.5) is 0 Å². The second-order valence-electron chi connectivity index (χ2n) is 5.51. The molecule has 0 aliphatic carbocycles. The summed E-state index contributed by atoms with van der Waals surface area (Å²) >= 11 is 0. The summed E-state index contributed by atoms with van der Waals surface area (Å²) < 4.78 is 0. The highest BCUT2D eigenvalue weighted by Gasteiger charge is 2.08. The number of carbonyl (C=O) groups excluding carboxylic acids is 1. The van der Waals surface area contributed by atoms with Gasteiger partial charge in [0.2, 0.25) is 0 Å². The minimum Gasteiger partial charge on any atom is -0.402 e. The fourth-order valence-corrected chi connectivity index (χ4v) is 2.10.